The third-order valence-electron chi connectivity index (χ3n) is 3.51. The number of hydrogen-bond donors (Lipinski definition) is 3. The van der Waals surface area contributed by atoms with Crippen LogP contribution in [0.5, 0.6) is 0 Å². The summed E-state index contributed by atoms with van der Waals surface area (Å²) in [7, 11) is 0. The van der Waals surface area contributed by atoms with Gasteiger partial charge < -0.3 is 5.32 Å². The first-order valence-corrected chi connectivity index (χ1v) is 9.16. The zero-order chi connectivity index (χ0) is 20.7. The van der Waals surface area contributed by atoms with Crippen LogP contribution in [0, 0.1) is 5.41 Å². The molecule has 0 saturated carbocycles. The molecule has 0 aliphatic rings. The van der Waals surface area contributed by atoms with Crippen molar-refractivity contribution in [3.63, 3.8) is 0 Å². The van der Waals surface area contributed by atoms with Crippen molar-refractivity contribution >= 4 is 57.6 Å². The Balaban J connectivity index is 2.20. The molecule has 0 bridgehead atoms. The summed E-state index contributed by atoms with van der Waals surface area (Å²) in [5.41, 5.74) is 0.755. The molecule has 2 rings (SSSR count). The zero-order valence-corrected chi connectivity index (χ0v) is 16.9. The highest BCUT2D eigenvalue weighted by Gasteiger charge is 2.22. The molecule has 146 valence electrons. The standard InChI is InChI=1S/C18H16Cl3N5O2/c1-2-26(15(16(21)22)10-24-12-4-3-7-23-9-12)18(28)25-17(27)13-8-11(19)5-6-14(13)20/h3-10,22,24H,2H2,1H3,(H,25,27,28)/b15-10+,22-16?. The molecule has 1 aromatic carbocycles. The molecule has 0 atom stereocenters. The lowest BCUT2D eigenvalue weighted by atomic mass is 10.2. The Labute approximate surface area is 176 Å². The predicted molar refractivity (Wildman–Crippen MR) is 111 cm³/mol. The van der Waals surface area contributed by atoms with Gasteiger partial charge in [-0.25, -0.2) is 4.79 Å². The second-order valence-corrected chi connectivity index (χ2v) is 6.58. The molecule has 2 aromatic rings. The highest BCUT2D eigenvalue weighted by molar-refractivity contribution is 6.68. The van der Waals surface area contributed by atoms with Crippen LogP contribution in [-0.2, 0) is 0 Å². The molecule has 10 heteroatoms. The number of urea groups is 1. The van der Waals surface area contributed by atoms with E-state index in [2.05, 4.69) is 15.6 Å². The van der Waals surface area contributed by atoms with Crippen LogP contribution in [-0.4, -0.2) is 33.5 Å². The third-order valence-corrected chi connectivity index (χ3v) is 4.27. The van der Waals surface area contributed by atoms with Crippen molar-refractivity contribution in [1.82, 2.24) is 15.2 Å². The Kier molecular flexibility index (Phi) is 7.80. The van der Waals surface area contributed by atoms with Crippen molar-refractivity contribution in [2.24, 2.45) is 0 Å². The molecule has 0 saturated heterocycles. The maximum Gasteiger partial charge on any atom is 0.328 e. The fourth-order valence-electron chi connectivity index (χ4n) is 2.19. The number of benzene rings is 1. The maximum absolute atomic E-state index is 12.6. The topological polar surface area (TPSA) is 98.2 Å². The summed E-state index contributed by atoms with van der Waals surface area (Å²) in [6.45, 7) is 1.83. The van der Waals surface area contributed by atoms with Gasteiger partial charge >= 0.3 is 6.03 Å². The fraction of sp³-hybridized carbons (Fsp3) is 0.111. The summed E-state index contributed by atoms with van der Waals surface area (Å²) in [5.74, 6) is -0.725. The minimum atomic E-state index is -0.770. The van der Waals surface area contributed by atoms with Gasteiger partial charge in [-0.3, -0.25) is 25.4 Å². The second-order valence-electron chi connectivity index (χ2n) is 5.36. The Hall–Kier alpha value is -2.61. The van der Waals surface area contributed by atoms with E-state index in [0.717, 1.165) is 4.90 Å². The third kappa shape index (κ3) is 5.69. The number of carbonyl (C=O) groups is 2. The number of rotatable bonds is 6. The molecule has 3 N–H and O–H groups in total. The van der Waals surface area contributed by atoms with Gasteiger partial charge in [-0.05, 0) is 37.3 Å². The summed E-state index contributed by atoms with van der Waals surface area (Å²) >= 11 is 17.7. The van der Waals surface area contributed by atoms with Gasteiger partial charge in [-0.2, -0.15) is 0 Å². The normalized spacial score (nSPS) is 10.9. The van der Waals surface area contributed by atoms with Gasteiger partial charge in [0.15, 0.2) is 0 Å². The minimum absolute atomic E-state index is 0.0542. The summed E-state index contributed by atoms with van der Waals surface area (Å²) in [4.78, 5) is 30.1. The van der Waals surface area contributed by atoms with Crippen molar-refractivity contribution in [2.45, 2.75) is 6.92 Å². The van der Waals surface area contributed by atoms with E-state index in [1.54, 1.807) is 31.5 Å². The average molecular weight is 441 g/mol. The van der Waals surface area contributed by atoms with Crippen LogP contribution in [0.2, 0.25) is 10.0 Å². The van der Waals surface area contributed by atoms with Crippen LogP contribution in [0.1, 0.15) is 17.3 Å². The van der Waals surface area contributed by atoms with Crippen LogP contribution >= 0.6 is 34.8 Å². The minimum Gasteiger partial charge on any atom is -0.358 e. The summed E-state index contributed by atoms with van der Waals surface area (Å²) in [5, 5.41) is 12.9. The predicted octanol–water partition coefficient (Wildman–Crippen LogP) is 4.73. The lowest BCUT2D eigenvalue weighted by Gasteiger charge is -2.23. The second kappa shape index (κ2) is 10.1. The largest absolute Gasteiger partial charge is 0.358 e. The van der Waals surface area contributed by atoms with Crippen molar-refractivity contribution in [3.05, 3.63) is 70.2 Å². The molecular weight excluding hydrogens is 425 g/mol. The number of anilines is 1. The molecule has 0 unspecified atom stereocenters. The number of imide groups is 1. The Morgan fingerprint density at radius 1 is 1.29 bits per heavy atom. The molecule has 7 nitrogen and oxygen atoms in total. The number of aromatic nitrogens is 1. The molecule has 3 amide bonds. The van der Waals surface area contributed by atoms with E-state index >= 15 is 0 Å². The molecular formula is C18H16Cl3N5O2. The number of hydrogen-bond acceptors (Lipinski definition) is 5. The number of nitrogens with zero attached hydrogens (tertiary/aromatic N) is 2. The molecule has 0 aliphatic carbocycles. The fourth-order valence-corrected chi connectivity index (χ4v) is 2.72. The molecule has 0 aliphatic heterocycles. The van der Waals surface area contributed by atoms with Crippen LogP contribution < -0.4 is 10.6 Å². The number of nitrogens with one attached hydrogen (secondary N) is 3. The van der Waals surface area contributed by atoms with E-state index in [1.165, 1.54) is 24.4 Å². The van der Waals surface area contributed by atoms with Gasteiger partial charge in [0.2, 0.25) is 0 Å². The van der Waals surface area contributed by atoms with Gasteiger partial charge in [0.05, 0.1) is 28.2 Å². The van der Waals surface area contributed by atoms with Crippen molar-refractivity contribution in [1.29, 1.82) is 5.41 Å². The summed E-state index contributed by atoms with van der Waals surface area (Å²) < 4.78 is 0. The van der Waals surface area contributed by atoms with Gasteiger partial charge in [-0.1, -0.05) is 34.8 Å². The molecule has 28 heavy (non-hydrogen) atoms. The van der Waals surface area contributed by atoms with Crippen molar-refractivity contribution in [3.8, 4) is 0 Å². The monoisotopic (exact) mass is 439 g/mol. The van der Waals surface area contributed by atoms with E-state index in [-0.39, 0.29) is 28.0 Å². The quantitative estimate of drug-likeness (QED) is 0.566. The highest BCUT2D eigenvalue weighted by atomic mass is 35.5. The van der Waals surface area contributed by atoms with Gasteiger partial charge in [0.25, 0.3) is 5.91 Å². The number of pyridine rings is 1. The van der Waals surface area contributed by atoms with Crippen LogP contribution in [0.3, 0.4) is 0 Å². The zero-order valence-electron chi connectivity index (χ0n) is 14.7. The first-order valence-electron chi connectivity index (χ1n) is 8.02. The lowest BCUT2D eigenvalue weighted by molar-refractivity contribution is 0.0956. The van der Waals surface area contributed by atoms with E-state index < -0.39 is 11.9 Å². The van der Waals surface area contributed by atoms with Gasteiger partial charge in [-0.15, -0.1) is 0 Å². The first-order chi connectivity index (χ1) is 13.3. The molecule has 0 fully saturated rings. The SMILES string of the molecule is CCN(C(=O)NC(=O)c1cc(Cl)ccc1Cl)/C(=C/Nc1cccnc1)C(=N)Cl. The Morgan fingerprint density at radius 3 is 2.64 bits per heavy atom. The smallest absolute Gasteiger partial charge is 0.328 e. The first kappa shape index (κ1) is 21.7. The van der Waals surface area contributed by atoms with E-state index in [9.17, 15) is 9.59 Å². The van der Waals surface area contributed by atoms with Gasteiger partial charge in [0.1, 0.15) is 5.17 Å². The van der Waals surface area contributed by atoms with Crippen LogP contribution in [0.25, 0.3) is 0 Å². The summed E-state index contributed by atoms with van der Waals surface area (Å²) in [6.07, 6.45) is 4.55. The highest BCUT2D eigenvalue weighted by Crippen LogP contribution is 2.21. The van der Waals surface area contributed by atoms with E-state index in [1.807, 2.05) is 0 Å². The molecule has 0 radical (unpaired) electrons. The Bertz CT molecular complexity index is 919. The van der Waals surface area contributed by atoms with E-state index in [0.29, 0.717) is 10.7 Å². The molecule has 1 heterocycles. The van der Waals surface area contributed by atoms with Crippen molar-refractivity contribution in [2.75, 3.05) is 11.9 Å². The average Bonchev–Trinajstić information content (AvgIpc) is 2.67. The maximum atomic E-state index is 12.6. The molecule has 1 aromatic heterocycles. The lowest BCUT2D eigenvalue weighted by Crippen LogP contribution is -2.43. The van der Waals surface area contributed by atoms with Crippen LogP contribution in [0.4, 0.5) is 10.5 Å². The molecule has 0 spiro atoms. The van der Waals surface area contributed by atoms with Gasteiger partial charge in [0, 0.05) is 24.0 Å². The van der Waals surface area contributed by atoms with Crippen molar-refractivity contribution < 1.29 is 9.59 Å². The number of carbonyl (C=O) groups excluding carboxylic acids is 2. The summed E-state index contributed by atoms with van der Waals surface area (Å²) in [6, 6.07) is 7.04. The van der Waals surface area contributed by atoms with E-state index in [4.69, 9.17) is 40.2 Å². The number of allylic oxidation sites excluding steroid dienone is 1. The number of amides is 3. The number of halogens is 3. The van der Waals surface area contributed by atoms with Crippen LogP contribution in [0.15, 0.2) is 54.6 Å². The Morgan fingerprint density at radius 2 is 2.04 bits per heavy atom.